The van der Waals surface area contributed by atoms with Crippen molar-refractivity contribution >= 4 is 31.5 Å². The molecule has 0 saturated heterocycles. The highest BCUT2D eigenvalue weighted by atomic mass is 32.1. The van der Waals surface area contributed by atoms with Crippen molar-refractivity contribution in [3.05, 3.63) is 175 Å². The number of hydrogen-bond acceptors (Lipinski definition) is 4. The van der Waals surface area contributed by atoms with Gasteiger partial charge in [-0.1, -0.05) is 159 Å². The Morgan fingerprint density at radius 2 is 0.942 bits per heavy atom. The van der Waals surface area contributed by atoms with Crippen LogP contribution in [0.2, 0.25) is 0 Å². The van der Waals surface area contributed by atoms with E-state index in [1.54, 1.807) is 0 Å². The molecular weight excluding hydrogens is 651 g/mol. The van der Waals surface area contributed by atoms with Gasteiger partial charge in [0.1, 0.15) is 0 Å². The first kappa shape index (κ1) is 30.6. The maximum atomic E-state index is 5.11. The Balaban J connectivity index is 1.10. The normalized spacial score (nSPS) is 13.0. The maximum Gasteiger partial charge on any atom is 0.164 e. The molecular formula is C48H33N3S. The molecule has 10 rings (SSSR count). The first-order valence-corrected chi connectivity index (χ1v) is 18.5. The number of benzene rings is 7. The van der Waals surface area contributed by atoms with E-state index in [0.29, 0.717) is 17.5 Å². The van der Waals surface area contributed by atoms with Gasteiger partial charge in [-0.15, -0.1) is 11.3 Å². The van der Waals surface area contributed by atoms with E-state index in [4.69, 9.17) is 15.0 Å². The number of rotatable bonds is 5. The summed E-state index contributed by atoms with van der Waals surface area (Å²) in [5.74, 6) is 2.00. The molecule has 4 heteroatoms. The summed E-state index contributed by atoms with van der Waals surface area (Å²) in [6.07, 6.45) is 0. The summed E-state index contributed by atoms with van der Waals surface area (Å²) in [6, 6.07) is 58.3. The lowest BCUT2D eigenvalue weighted by Gasteiger charge is -2.22. The van der Waals surface area contributed by atoms with Crippen LogP contribution in [0.3, 0.4) is 0 Å². The van der Waals surface area contributed by atoms with Crippen molar-refractivity contribution in [2.45, 2.75) is 19.3 Å². The van der Waals surface area contributed by atoms with Gasteiger partial charge in [0.05, 0.1) is 0 Å². The fraction of sp³-hybridized carbons (Fsp3) is 0.0625. The smallest absolute Gasteiger partial charge is 0.164 e. The van der Waals surface area contributed by atoms with Crippen LogP contribution < -0.4 is 0 Å². The molecule has 9 aromatic rings. The molecule has 0 unspecified atom stereocenters. The Hall–Kier alpha value is -6.23. The van der Waals surface area contributed by atoms with Gasteiger partial charge in [-0.2, -0.15) is 0 Å². The van der Waals surface area contributed by atoms with Gasteiger partial charge in [0.25, 0.3) is 0 Å². The number of nitrogens with zero attached hydrogens (tertiary/aromatic N) is 3. The molecule has 0 amide bonds. The molecule has 2 heterocycles. The minimum absolute atomic E-state index is 0.0291. The van der Waals surface area contributed by atoms with Crippen LogP contribution in [-0.4, -0.2) is 15.0 Å². The second-order valence-corrected chi connectivity index (χ2v) is 15.1. The fourth-order valence-corrected chi connectivity index (χ4v) is 9.16. The third-order valence-corrected chi connectivity index (χ3v) is 11.8. The van der Waals surface area contributed by atoms with E-state index in [0.717, 1.165) is 16.7 Å². The van der Waals surface area contributed by atoms with Crippen LogP contribution in [0.1, 0.15) is 25.0 Å². The van der Waals surface area contributed by atoms with Crippen LogP contribution in [0.25, 0.3) is 87.7 Å². The predicted octanol–water partition coefficient (Wildman–Crippen LogP) is 12.9. The zero-order valence-corrected chi connectivity index (χ0v) is 29.7. The SMILES string of the molecule is CC1(C)c2ccccc2-c2ccc(-c3ccc(-c4ccc(-c5nc(-c6ccccc6)nc(-c6ccccc6)n5)c5c4sc4ccccc45)cc3)cc21. The molecule has 0 radical (unpaired) electrons. The van der Waals surface area contributed by atoms with Crippen molar-refractivity contribution in [2.75, 3.05) is 0 Å². The van der Waals surface area contributed by atoms with E-state index < -0.39 is 0 Å². The van der Waals surface area contributed by atoms with Crippen molar-refractivity contribution in [3.63, 3.8) is 0 Å². The van der Waals surface area contributed by atoms with Crippen molar-refractivity contribution in [3.8, 4) is 67.5 Å². The van der Waals surface area contributed by atoms with Crippen molar-refractivity contribution < 1.29 is 0 Å². The summed E-state index contributed by atoms with van der Waals surface area (Å²) in [6.45, 7) is 4.68. The number of hydrogen-bond donors (Lipinski definition) is 0. The van der Waals surface area contributed by atoms with E-state index in [9.17, 15) is 0 Å². The molecule has 52 heavy (non-hydrogen) atoms. The zero-order valence-electron chi connectivity index (χ0n) is 28.8. The van der Waals surface area contributed by atoms with Gasteiger partial charge in [0, 0.05) is 42.3 Å². The van der Waals surface area contributed by atoms with Crippen molar-refractivity contribution in [1.29, 1.82) is 0 Å². The number of thiophene rings is 1. The third-order valence-electron chi connectivity index (χ3n) is 10.6. The van der Waals surface area contributed by atoms with E-state index in [1.807, 2.05) is 47.7 Å². The number of fused-ring (bicyclic) bond motifs is 6. The Labute approximate surface area is 307 Å². The van der Waals surface area contributed by atoms with Gasteiger partial charge in [-0.05, 0) is 62.7 Å². The Kier molecular flexibility index (Phi) is 7.02. The maximum absolute atomic E-state index is 5.11. The molecule has 0 bridgehead atoms. The quantitative estimate of drug-likeness (QED) is 0.181. The highest BCUT2D eigenvalue weighted by Crippen LogP contribution is 2.50. The average molecular weight is 684 g/mol. The van der Waals surface area contributed by atoms with Gasteiger partial charge in [0.2, 0.25) is 0 Å². The minimum atomic E-state index is -0.0291. The first-order chi connectivity index (χ1) is 25.5. The van der Waals surface area contributed by atoms with Crippen molar-refractivity contribution in [2.24, 2.45) is 0 Å². The monoisotopic (exact) mass is 683 g/mol. The zero-order chi connectivity index (χ0) is 34.8. The highest BCUT2D eigenvalue weighted by molar-refractivity contribution is 7.26. The third kappa shape index (κ3) is 4.90. The van der Waals surface area contributed by atoms with Crippen LogP contribution in [0.5, 0.6) is 0 Å². The lowest BCUT2D eigenvalue weighted by molar-refractivity contribution is 0.660. The summed E-state index contributed by atoms with van der Waals surface area (Å²) < 4.78 is 2.47. The van der Waals surface area contributed by atoms with E-state index in [1.165, 1.54) is 64.7 Å². The van der Waals surface area contributed by atoms with Gasteiger partial charge >= 0.3 is 0 Å². The van der Waals surface area contributed by atoms with Gasteiger partial charge in [0.15, 0.2) is 17.5 Å². The second-order valence-electron chi connectivity index (χ2n) is 14.0. The molecule has 1 aliphatic carbocycles. The lowest BCUT2D eigenvalue weighted by atomic mass is 9.81. The van der Waals surface area contributed by atoms with E-state index in [-0.39, 0.29) is 5.41 Å². The highest BCUT2D eigenvalue weighted by Gasteiger charge is 2.35. The van der Waals surface area contributed by atoms with Crippen LogP contribution in [-0.2, 0) is 5.41 Å². The second kappa shape index (κ2) is 11.9. The summed E-state index contributed by atoms with van der Waals surface area (Å²) in [4.78, 5) is 15.2. The first-order valence-electron chi connectivity index (χ1n) is 17.7. The summed E-state index contributed by atoms with van der Waals surface area (Å²) in [5, 5.41) is 2.38. The Morgan fingerprint density at radius 3 is 1.67 bits per heavy atom. The molecule has 0 fully saturated rings. The topological polar surface area (TPSA) is 38.7 Å². The minimum Gasteiger partial charge on any atom is -0.208 e. The van der Waals surface area contributed by atoms with Crippen LogP contribution in [0.15, 0.2) is 164 Å². The Morgan fingerprint density at radius 1 is 0.404 bits per heavy atom. The summed E-state index contributed by atoms with van der Waals surface area (Å²) >= 11 is 1.83. The van der Waals surface area contributed by atoms with Crippen LogP contribution in [0.4, 0.5) is 0 Å². The van der Waals surface area contributed by atoms with Crippen LogP contribution in [0, 0.1) is 0 Å². The average Bonchev–Trinajstić information content (AvgIpc) is 3.71. The molecule has 0 N–H and O–H groups in total. The van der Waals surface area contributed by atoms with E-state index in [2.05, 4.69) is 141 Å². The summed E-state index contributed by atoms with van der Waals surface area (Å²) in [5.41, 5.74) is 13.2. The molecule has 0 saturated carbocycles. The van der Waals surface area contributed by atoms with Gasteiger partial charge < -0.3 is 0 Å². The number of aromatic nitrogens is 3. The van der Waals surface area contributed by atoms with Gasteiger partial charge in [-0.3, -0.25) is 0 Å². The molecule has 7 aromatic carbocycles. The van der Waals surface area contributed by atoms with Gasteiger partial charge in [-0.25, -0.2) is 15.0 Å². The molecule has 1 aliphatic rings. The van der Waals surface area contributed by atoms with E-state index >= 15 is 0 Å². The Bertz CT molecular complexity index is 2740. The molecule has 2 aromatic heterocycles. The molecule has 0 spiro atoms. The molecule has 0 aliphatic heterocycles. The predicted molar refractivity (Wildman–Crippen MR) is 217 cm³/mol. The largest absolute Gasteiger partial charge is 0.208 e. The summed E-state index contributed by atoms with van der Waals surface area (Å²) in [7, 11) is 0. The fourth-order valence-electron chi connectivity index (χ4n) is 7.90. The molecule has 3 nitrogen and oxygen atoms in total. The standard InChI is InChI=1S/C48H33N3S/c1-48(2)40-19-11-9-17-36(40)37-26-25-34(29-41(37)48)30-21-23-31(24-22-30)35-27-28-39(43-38-18-10-12-20-42(38)52-44(35)43)47-50-45(32-13-5-3-6-14-32)49-46(51-47)33-15-7-4-8-16-33/h3-29H,1-2H3. The molecule has 0 atom stereocenters. The molecule has 246 valence electrons. The lowest BCUT2D eigenvalue weighted by Crippen LogP contribution is -2.14. The van der Waals surface area contributed by atoms with Crippen LogP contribution >= 0.6 is 11.3 Å². The van der Waals surface area contributed by atoms with Crippen molar-refractivity contribution in [1.82, 2.24) is 15.0 Å².